The third-order valence-corrected chi connectivity index (χ3v) is 3.88. The third kappa shape index (κ3) is 7.43. The van der Waals surface area contributed by atoms with Crippen LogP contribution in [0.2, 0.25) is 0 Å². The molecular formula is C16H25IN4O4. The predicted octanol–water partition coefficient (Wildman–Crippen LogP) is 2.14. The molecule has 0 radical (unpaired) electrons. The third-order valence-electron chi connectivity index (χ3n) is 3.88. The maximum absolute atomic E-state index is 10.6. The molecule has 8 nitrogen and oxygen atoms in total. The zero-order valence-corrected chi connectivity index (χ0v) is 16.4. The fraction of sp³-hybridized carbons (Fsp3) is 0.562. The summed E-state index contributed by atoms with van der Waals surface area (Å²) in [6.45, 7) is 2.03. The van der Waals surface area contributed by atoms with Crippen molar-refractivity contribution in [2.24, 2.45) is 10.7 Å². The van der Waals surface area contributed by atoms with Crippen molar-refractivity contribution in [3.8, 4) is 5.75 Å². The number of benzene rings is 1. The molecule has 1 aliphatic rings. The van der Waals surface area contributed by atoms with Crippen LogP contribution in [0.1, 0.15) is 25.7 Å². The van der Waals surface area contributed by atoms with Crippen LogP contribution >= 0.6 is 24.0 Å². The van der Waals surface area contributed by atoms with Crippen LogP contribution in [0.4, 0.5) is 5.69 Å². The van der Waals surface area contributed by atoms with E-state index in [1.807, 2.05) is 0 Å². The summed E-state index contributed by atoms with van der Waals surface area (Å²) in [4.78, 5) is 16.4. The van der Waals surface area contributed by atoms with E-state index in [0.717, 1.165) is 25.9 Å². The van der Waals surface area contributed by atoms with Crippen LogP contribution in [0.5, 0.6) is 5.75 Å². The molecule has 9 heteroatoms. The van der Waals surface area contributed by atoms with Crippen LogP contribution in [0.15, 0.2) is 29.3 Å². The quantitative estimate of drug-likeness (QED) is 0.219. The first kappa shape index (κ1) is 21.4. The van der Waals surface area contributed by atoms with E-state index in [4.69, 9.17) is 10.5 Å². The summed E-state index contributed by atoms with van der Waals surface area (Å²) in [6, 6.07) is 5.72. The molecule has 1 aromatic carbocycles. The van der Waals surface area contributed by atoms with E-state index in [1.54, 1.807) is 0 Å². The number of ether oxygens (including phenoxy) is 1. The smallest absolute Gasteiger partial charge is 0.269 e. The number of guanidine groups is 1. The van der Waals surface area contributed by atoms with Gasteiger partial charge >= 0.3 is 0 Å². The van der Waals surface area contributed by atoms with Crippen molar-refractivity contribution in [2.45, 2.75) is 31.8 Å². The number of aliphatic hydroxyl groups excluding tert-OH is 1. The number of likely N-dealkylation sites (tertiary alicyclic amines) is 1. The molecule has 1 saturated heterocycles. The number of nitro benzene ring substituents is 1. The van der Waals surface area contributed by atoms with Crippen molar-refractivity contribution in [1.29, 1.82) is 0 Å². The average Bonchev–Trinajstić information content (AvgIpc) is 2.87. The molecular weight excluding hydrogens is 439 g/mol. The van der Waals surface area contributed by atoms with Gasteiger partial charge in [0.05, 0.1) is 11.5 Å². The van der Waals surface area contributed by atoms with Gasteiger partial charge in [-0.05, 0) is 25.0 Å². The Hall–Kier alpha value is -1.62. The average molecular weight is 464 g/mol. The van der Waals surface area contributed by atoms with Crippen LogP contribution in [0.25, 0.3) is 0 Å². The molecule has 140 valence electrons. The van der Waals surface area contributed by atoms with E-state index < -0.39 is 11.0 Å². The number of nitrogens with two attached hydrogens (primary N) is 1. The van der Waals surface area contributed by atoms with Crippen molar-refractivity contribution in [1.82, 2.24) is 4.90 Å². The maximum Gasteiger partial charge on any atom is 0.269 e. The zero-order valence-electron chi connectivity index (χ0n) is 14.0. The summed E-state index contributed by atoms with van der Waals surface area (Å²) in [5, 5.41) is 20.5. The van der Waals surface area contributed by atoms with Crippen molar-refractivity contribution in [2.75, 3.05) is 26.2 Å². The Morgan fingerprint density at radius 3 is 2.44 bits per heavy atom. The van der Waals surface area contributed by atoms with Gasteiger partial charge in [-0.2, -0.15) is 0 Å². The first-order chi connectivity index (χ1) is 11.6. The van der Waals surface area contributed by atoms with Gasteiger partial charge in [-0.25, -0.2) is 0 Å². The molecule has 0 saturated carbocycles. The van der Waals surface area contributed by atoms with E-state index in [2.05, 4.69) is 9.89 Å². The molecule has 0 aliphatic carbocycles. The highest BCUT2D eigenvalue weighted by molar-refractivity contribution is 14.0. The molecule has 3 N–H and O–H groups in total. The Bertz CT molecular complexity index is 560. The number of hydrogen-bond acceptors (Lipinski definition) is 5. The van der Waals surface area contributed by atoms with Gasteiger partial charge in [0.15, 0.2) is 5.96 Å². The van der Waals surface area contributed by atoms with E-state index in [1.165, 1.54) is 37.1 Å². The first-order valence-corrected chi connectivity index (χ1v) is 8.16. The number of hydrogen-bond donors (Lipinski definition) is 2. The molecule has 1 aliphatic heterocycles. The topological polar surface area (TPSA) is 114 Å². The van der Waals surface area contributed by atoms with Gasteiger partial charge in [0, 0.05) is 25.2 Å². The van der Waals surface area contributed by atoms with Crippen molar-refractivity contribution in [3.05, 3.63) is 34.4 Å². The number of aliphatic imine (C=N–C) groups is 1. The minimum atomic E-state index is -0.786. The molecule has 1 fully saturated rings. The number of rotatable bonds is 6. The fourth-order valence-electron chi connectivity index (χ4n) is 2.51. The lowest BCUT2D eigenvalue weighted by molar-refractivity contribution is -0.384. The minimum Gasteiger partial charge on any atom is -0.491 e. The Labute approximate surface area is 164 Å². The molecule has 0 spiro atoms. The fourth-order valence-corrected chi connectivity index (χ4v) is 2.51. The molecule has 2 rings (SSSR count). The highest BCUT2D eigenvalue weighted by atomic mass is 127. The van der Waals surface area contributed by atoms with Gasteiger partial charge in [0.2, 0.25) is 0 Å². The zero-order chi connectivity index (χ0) is 17.4. The van der Waals surface area contributed by atoms with Gasteiger partial charge in [-0.15, -0.1) is 24.0 Å². The summed E-state index contributed by atoms with van der Waals surface area (Å²) >= 11 is 0. The number of nitro groups is 1. The largest absolute Gasteiger partial charge is 0.491 e. The summed E-state index contributed by atoms with van der Waals surface area (Å²) in [5.41, 5.74) is 5.98. The standard InChI is InChI=1S/C16H24N4O4.HI/c17-16(19-9-3-1-2-4-10-19)18-11-14(21)12-24-15-7-5-13(6-8-15)20(22)23;/h5-8,14,21H,1-4,9-12H2,(H2,17,18);1H. The van der Waals surface area contributed by atoms with Crippen LogP contribution in [0.3, 0.4) is 0 Å². The Kier molecular flexibility index (Phi) is 9.50. The Balaban J connectivity index is 0.00000312. The van der Waals surface area contributed by atoms with Crippen molar-refractivity contribution >= 4 is 35.6 Å². The number of aliphatic hydroxyl groups is 1. The number of halogens is 1. The van der Waals surface area contributed by atoms with Gasteiger partial charge in [-0.1, -0.05) is 12.8 Å². The maximum atomic E-state index is 10.6. The van der Waals surface area contributed by atoms with Crippen molar-refractivity contribution in [3.63, 3.8) is 0 Å². The number of non-ortho nitro benzene ring substituents is 1. The molecule has 0 aromatic heterocycles. The lowest BCUT2D eigenvalue weighted by Gasteiger charge is -2.21. The van der Waals surface area contributed by atoms with E-state index in [9.17, 15) is 15.2 Å². The second kappa shape index (κ2) is 11.1. The number of nitrogens with zero attached hydrogens (tertiary/aromatic N) is 3. The Morgan fingerprint density at radius 2 is 1.88 bits per heavy atom. The summed E-state index contributed by atoms with van der Waals surface area (Å²) in [5.74, 6) is 0.926. The summed E-state index contributed by atoms with van der Waals surface area (Å²) in [6.07, 6.45) is 3.88. The lowest BCUT2D eigenvalue weighted by Crippen LogP contribution is -2.38. The van der Waals surface area contributed by atoms with Gasteiger partial charge in [0.1, 0.15) is 18.5 Å². The van der Waals surface area contributed by atoms with E-state index >= 15 is 0 Å². The second-order valence-corrected chi connectivity index (χ2v) is 5.82. The molecule has 0 bridgehead atoms. The van der Waals surface area contributed by atoms with Crippen LogP contribution < -0.4 is 10.5 Å². The molecule has 1 atom stereocenters. The van der Waals surface area contributed by atoms with Gasteiger partial charge < -0.3 is 20.5 Å². The van der Waals surface area contributed by atoms with Crippen molar-refractivity contribution < 1.29 is 14.8 Å². The highest BCUT2D eigenvalue weighted by Gasteiger charge is 2.12. The molecule has 1 aromatic rings. The van der Waals surface area contributed by atoms with Crippen LogP contribution in [0, 0.1) is 10.1 Å². The predicted molar refractivity (Wildman–Crippen MR) is 107 cm³/mol. The highest BCUT2D eigenvalue weighted by Crippen LogP contribution is 2.17. The lowest BCUT2D eigenvalue weighted by atomic mass is 10.2. The summed E-state index contributed by atoms with van der Waals surface area (Å²) in [7, 11) is 0. The normalized spacial score (nSPS) is 16.5. The first-order valence-electron chi connectivity index (χ1n) is 8.16. The van der Waals surface area contributed by atoms with Gasteiger partial charge in [-0.3, -0.25) is 15.1 Å². The molecule has 1 unspecified atom stereocenters. The Morgan fingerprint density at radius 1 is 1.28 bits per heavy atom. The minimum absolute atomic E-state index is 0. The second-order valence-electron chi connectivity index (χ2n) is 5.82. The van der Waals surface area contributed by atoms with E-state index in [0.29, 0.717) is 11.7 Å². The summed E-state index contributed by atoms with van der Waals surface area (Å²) < 4.78 is 5.40. The SMILES string of the molecule is I.NC(=NCC(O)COc1ccc([N+](=O)[O-])cc1)N1CCCCCC1. The van der Waals surface area contributed by atoms with Gasteiger partial charge in [0.25, 0.3) is 5.69 Å². The molecule has 1 heterocycles. The monoisotopic (exact) mass is 464 g/mol. The van der Waals surface area contributed by atoms with Crippen LogP contribution in [-0.2, 0) is 0 Å². The molecule has 0 amide bonds. The van der Waals surface area contributed by atoms with Crippen LogP contribution in [-0.4, -0.2) is 53.2 Å². The molecule has 25 heavy (non-hydrogen) atoms. The van der Waals surface area contributed by atoms with E-state index in [-0.39, 0.29) is 42.8 Å².